The highest BCUT2D eigenvalue weighted by molar-refractivity contribution is 9.09. The van der Waals surface area contributed by atoms with E-state index in [9.17, 15) is 19.7 Å². The molecule has 102 valence electrons. The minimum Gasteiger partial charge on any atom is -0.465 e. The fourth-order valence-electron chi connectivity index (χ4n) is 1.48. The first kappa shape index (κ1) is 15.1. The monoisotopic (exact) mass is 330 g/mol. The van der Waals surface area contributed by atoms with Crippen molar-refractivity contribution in [1.29, 1.82) is 0 Å². The summed E-state index contributed by atoms with van der Waals surface area (Å²) in [6, 6.07) is 4.74. The van der Waals surface area contributed by atoms with Gasteiger partial charge >= 0.3 is 6.09 Å². The summed E-state index contributed by atoms with van der Waals surface area (Å²) in [5.41, 5.74) is 0.581. The van der Waals surface area contributed by atoms with E-state index < -0.39 is 17.1 Å². The molecule has 7 nitrogen and oxygen atoms in total. The molecule has 0 aliphatic carbocycles. The number of rotatable bonds is 6. The Morgan fingerprint density at radius 3 is 2.37 bits per heavy atom. The molecule has 0 saturated carbocycles. The molecule has 8 heteroatoms. The number of halogens is 1. The lowest BCUT2D eigenvalue weighted by Crippen LogP contribution is -2.42. The normalized spacial score (nSPS) is 11.6. The Labute approximate surface area is 116 Å². The zero-order chi connectivity index (χ0) is 14.4. The van der Waals surface area contributed by atoms with Gasteiger partial charge in [0, 0.05) is 12.1 Å². The fraction of sp³-hybridized carbons (Fsp3) is 0.273. The molecule has 0 fully saturated rings. The van der Waals surface area contributed by atoms with Crippen molar-refractivity contribution in [2.75, 3.05) is 5.33 Å². The quantitative estimate of drug-likeness (QED) is 0.469. The maximum absolute atomic E-state index is 11.5. The third-order valence-corrected chi connectivity index (χ3v) is 2.96. The van der Waals surface area contributed by atoms with E-state index in [1.54, 1.807) is 0 Å². The third-order valence-electron chi connectivity index (χ3n) is 2.41. The van der Waals surface area contributed by atoms with Crippen LogP contribution in [0.3, 0.4) is 0 Å². The lowest BCUT2D eigenvalue weighted by Gasteiger charge is -2.14. The van der Waals surface area contributed by atoms with E-state index in [1.807, 2.05) is 0 Å². The second-order valence-corrected chi connectivity index (χ2v) is 4.29. The van der Waals surface area contributed by atoms with Crippen LogP contribution in [0, 0.1) is 10.1 Å². The number of carbonyl (C=O) groups excluding carboxylic acids is 1. The average molecular weight is 331 g/mol. The summed E-state index contributed by atoms with van der Waals surface area (Å²) in [4.78, 5) is 32.1. The Morgan fingerprint density at radius 1 is 1.37 bits per heavy atom. The Morgan fingerprint density at radius 2 is 1.95 bits per heavy atom. The molecule has 0 aromatic heterocycles. The minimum atomic E-state index is -1.29. The van der Waals surface area contributed by atoms with Crippen molar-refractivity contribution in [1.82, 2.24) is 5.32 Å². The highest BCUT2D eigenvalue weighted by Gasteiger charge is 2.20. The molecule has 1 rings (SSSR count). The van der Waals surface area contributed by atoms with E-state index in [0.717, 1.165) is 0 Å². The number of ketones is 1. The van der Waals surface area contributed by atoms with Gasteiger partial charge in [-0.15, -0.1) is 0 Å². The van der Waals surface area contributed by atoms with Gasteiger partial charge in [0.25, 0.3) is 5.69 Å². The van der Waals surface area contributed by atoms with E-state index in [4.69, 9.17) is 5.11 Å². The highest BCUT2D eigenvalue weighted by Crippen LogP contribution is 2.13. The zero-order valence-electron chi connectivity index (χ0n) is 9.71. The first-order valence-corrected chi connectivity index (χ1v) is 6.37. The largest absolute Gasteiger partial charge is 0.465 e. The predicted molar refractivity (Wildman–Crippen MR) is 70.5 cm³/mol. The first-order chi connectivity index (χ1) is 8.93. The molecule has 19 heavy (non-hydrogen) atoms. The molecule has 0 aliphatic rings. The lowest BCUT2D eigenvalue weighted by atomic mass is 10.0. The number of alkyl halides is 1. The van der Waals surface area contributed by atoms with Gasteiger partial charge in [0.2, 0.25) is 0 Å². The maximum Gasteiger partial charge on any atom is 0.405 e. The van der Waals surface area contributed by atoms with Crippen molar-refractivity contribution in [2.45, 2.75) is 12.5 Å². The third kappa shape index (κ3) is 4.66. The molecule has 0 bridgehead atoms. The van der Waals surface area contributed by atoms with Crippen LogP contribution in [0.5, 0.6) is 0 Å². The number of amides is 1. The SMILES string of the molecule is O=C(O)NC(Cc1ccc([N+](=O)[O-])cc1)C(=O)CBr. The van der Waals surface area contributed by atoms with Crippen LogP contribution in [0.1, 0.15) is 5.56 Å². The minimum absolute atomic E-state index is 0.0327. The van der Waals surface area contributed by atoms with Crippen LogP contribution in [0.25, 0.3) is 0 Å². The van der Waals surface area contributed by atoms with Crippen LogP contribution in [0.2, 0.25) is 0 Å². The number of non-ortho nitro benzene ring substituents is 1. The van der Waals surface area contributed by atoms with Gasteiger partial charge in [-0.25, -0.2) is 4.79 Å². The van der Waals surface area contributed by atoms with Crippen molar-refractivity contribution in [3.63, 3.8) is 0 Å². The topological polar surface area (TPSA) is 110 Å². The van der Waals surface area contributed by atoms with Gasteiger partial charge in [-0.3, -0.25) is 14.9 Å². The Balaban J connectivity index is 2.81. The van der Waals surface area contributed by atoms with Crippen LogP contribution < -0.4 is 5.32 Å². The molecule has 1 aromatic rings. The van der Waals surface area contributed by atoms with Crippen LogP contribution in [-0.4, -0.2) is 33.3 Å². The molecule has 0 saturated heterocycles. The number of Topliss-reactive ketones (excluding diaryl/α,β-unsaturated/α-hetero) is 1. The van der Waals surface area contributed by atoms with Crippen LogP contribution in [0.15, 0.2) is 24.3 Å². The standard InChI is InChI=1S/C11H11BrN2O5/c12-6-10(15)9(13-11(16)17)5-7-1-3-8(4-2-7)14(18)19/h1-4,9,13H,5-6H2,(H,16,17). The molecular weight excluding hydrogens is 320 g/mol. The smallest absolute Gasteiger partial charge is 0.405 e. The number of nitro groups is 1. The van der Waals surface area contributed by atoms with Gasteiger partial charge < -0.3 is 10.4 Å². The maximum atomic E-state index is 11.5. The molecule has 0 heterocycles. The highest BCUT2D eigenvalue weighted by atomic mass is 79.9. The summed E-state index contributed by atoms with van der Waals surface area (Å²) in [5.74, 6) is -0.305. The Hall–Kier alpha value is -1.96. The van der Waals surface area contributed by atoms with Gasteiger partial charge in [0.05, 0.1) is 16.3 Å². The molecule has 1 atom stereocenters. The predicted octanol–water partition coefficient (Wildman–Crippen LogP) is 1.74. The van der Waals surface area contributed by atoms with Gasteiger partial charge in [-0.05, 0) is 12.0 Å². The summed E-state index contributed by atoms with van der Waals surface area (Å²) < 4.78 is 0. The van der Waals surface area contributed by atoms with E-state index in [2.05, 4.69) is 21.2 Å². The van der Waals surface area contributed by atoms with Crippen molar-refractivity contribution in [3.8, 4) is 0 Å². The second-order valence-electron chi connectivity index (χ2n) is 3.73. The van der Waals surface area contributed by atoms with Crippen LogP contribution in [-0.2, 0) is 11.2 Å². The number of hydrogen-bond acceptors (Lipinski definition) is 4. The molecular formula is C11H11BrN2O5. The van der Waals surface area contributed by atoms with Crippen molar-refractivity contribution < 1.29 is 19.6 Å². The molecule has 0 spiro atoms. The number of nitrogens with one attached hydrogen (secondary N) is 1. The second kappa shape index (κ2) is 6.83. The van der Waals surface area contributed by atoms with Crippen LogP contribution >= 0.6 is 15.9 Å². The van der Waals surface area contributed by atoms with Gasteiger partial charge in [-0.1, -0.05) is 28.1 Å². The van der Waals surface area contributed by atoms with E-state index in [0.29, 0.717) is 5.56 Å². The summed E-state index contributed by atoms with van der Waals surface area (Å²) in [6.07, 6.45) is -1.14. The number of nitro benzene ring substituents is 1. The average Bonchev–Trinajstić information content (AvgIpc) is 2.37. The summed E-state index contributed by atoms with van der Waals surface area (Å²) >= 11 is 2.98. The molecule has 1 amide bonds. The van der Waals surface area contributed by atoms with E-state index >= 15 is 0 Å². The summed E-state index contributed by atoms with van der Waals surface area (Å²) in [7, 11) is 0. The van der Waals surface area contributed by atoms with Crippen LogP contribution in [0.4, 0.5) is 10.5 Å². The first-order valence-electron chi connectivity index (χ1n) is 5.25. The lowest BCUT2D eigenvalue weighted by molar-refractivity contribution is -0.384. The fourth-order valence-corrected chi connectivity index (χ4v) is 1.87. The number of nitrogens with zero attached hydrogens (tertiary/aromatic N) is 1. The number of carboxylic acid groups (broad SMARTS) is 1. The van der Waals surface area contributed by atoms with Gasteiger partial charge in [0.15, 0.2) is 5.78 Å². The van der Waals surface area contributed by atoms with Crippen molar-refractivity contribution >= 4 is 33.5 Å². The zero-order valence-corrected chi connectivity index (χ0v) is 11.3. The Kier molecular flexibility index (Phi) is 5.43. The van der Waals surface area contributed by atoms with Crippen molar-refractivity contribution in [2.24, 2.45) is 0 Å². The van der Waals surface area contributed by atoms with Gasteiger partial charge in [0.1, 0.15) is 0 Å². The van der Waals surface area contributed by atoms with Gasteiger partial charge in [-0.2, -0.15) is 0 Å². The van der Waals surface area contributed by atoms with E-state index in [1.165, 1.54) is 24.3 Å². The molecule has 1 unspecified atom stereocenters. The number of carbonyl (C=O) groups is 2. The number of hydrogen-bond donors (Lipinski definition) is 2. The molecule has 0 aliphatic heterocycles. The summed E-state index contributed by atoms with van der Waals surface area (Å²) in [5, 5.41) is 21.3. The Bertz CT molecular complexity index is 488. The molecule has 2 N–H and O–H groups in total. The summed E-state index contributed by atoms with van der Waals surface area (Å²) in [6.45, 7) is 0. The van der Waals surface area contributed by atoms with E-state index in [-0.39, 0.29) is 23.2 Å². The molecule has 1 aromatic carbocycles. The number of benzene rings is 1. The van der Waals surface area contributed by atoms with Crippen molar-refractivity contribution in [3.05, 3.63) is 39.9 Å². The molecule has 0 radical (unpaired) electrons.